The van der Waals surface area contributed by atoms with E-state index in [1.807, 2.05) is 29.2 Å². The van der Waals surface area contributed by atoms with Crippen LogP contribution in [0.3, 0.4) is 0 Å². The van der Waals surface area contributed by atoms with Crippen LogP contribution in [0.2, 0.25) is 10.0 Å². The first-order chi connectivity index (χ1) is 13.5. The Bertz CT molecular complexity index is 886. The van der Waals surface area contributed by atoms with Crippen LogP contribution in [0, 0.1) is 0 Å². The van der Waals surface area contributed by atoms with Crippen LogP contribution in [0.5, 0.6) is 11.5 Å². The molecular formula is C21H21Cl2NO4. The van der Waals surface area contributed by atoms with Crippen molar-refractivity contribution in [1.29, 1.82) is 0 Å². The quantitative estimate of drug-likeness (QED) is 0.522. The van der Waals surface area contributed by atoms with E-state index >= 15 is 0 Å². The standard InChI is InChI=1S/C21H21Cl2NO4/c22-16-7-8-21(19(23)10-16)28-14-17(25)12-24(13-18-5-3-9-27-18)11-15-4-1-2-6-20(15)26/h1-10,17,25-26H,11-14H2. The summed E-state index contributed by atoms with van der Waals surface area (Å²) in [5.74, 6) is 1.44. The average Bonchev–Trinajstić information content (AvgIpc) is 3.16. The number of phenols is 1. The maximum Gasteiger partial charge on any atom is 0.138 e. The monoisotopic (exact) mass is 421 g/mol. The van der Waals surface area contributed by atoms with Gasteiger partial charge >= 0.3 is 0 Å². The molecule has 7 heteroatoms. The van der Waals surface area contributed by atoms with Gasteiger partial charge in [0.2, 0.25) is 0 Å². The number of furan rings is 1. The van der Waals surface area contributed by atoms with E-state index in [0.717, 1.165) is 11.3 Å². The number of aliphatic hydroxyl groups is 1. The van der Waals surface area contributed by atoms with Crippen molar-refractivity contribution in [2.24, 2.45) is 0 Å². The Labute approximate surface area is 173 Å². The lowest BCUT2D eigenvalue weighted by atomic mass is 10.1. The first kappa shape index (κ1) is 20.6. The van der Waals surface area contributed by atoms with Crippen LogP contribution >= 0.6 is 23.2 Å². The molecule has 3 rings (SSSR count). The van der Waals surface area contributed by atoms with Gasteiger partial charge < -0.3 is 19.4 Å². The first-order valence-corrected chi connectivity index (χ1v) is 9.54. The van der Waals surface area contributed by atoms with Crippen molar-refractivity contribution in [2.45, 2.75) is 19.2 Å². The van der Waals surface area contributed by atoms with Gasteiger partial charge in [0.15, 0.2) is 0 Å². The van der Waals surface area contributed by atoms with E-state index in [4.69, 9.17) is 32.4 Å². The van der Waals surface area contributed by atoms with Gasteiger partial charge in [-0.2, -0.15) is 0 Å². The molecule has 5 nitrogen and oxygen atoms in total. The molecule has 1 heterocycles. The Kier molecular flexibility index (Phi) is 7.23. The Morgan fingerprint density at radius 1 is 1.04 bits per heavy atom. The zero-order valence-corrected chi connectivity index (χ0v) is 16.6. The van der Waals surface area contributed by atoms with Gasteiger partial charge in [0.1, 0.15) is 30.0 Å². The van der Waals surface area contributed by atoms with Gasteiger partial charge in [0.05, 0.1) is 17.8 Å². The SMILES string of the molecule is Oc1ccccc1CN(Cc1ccco1)CC(O)COc1ccc(Cl)cc1Cl. The summed E-state index contributed by atoms with van der Waals surface area (Å²) in [7, 11) is 0. The molecule has 2 aromatic carbocycles. The van der Waals surface area contributed by atoms with Crippen LogP contribution in [0.25, 0.3) is 0 Å². The molecule has 0 amide bonds. The second kappa shape index (κ2) is 9.85. The van der Waals surface area contributed by atoms with E-state index in [1.165, 1.54) is 0 Å². The fourth-order valence-corrected chi connectivity index (χ4v) is 3.29. The molecule has 0 spiro atoms. The number of hydrogen-bond donors (Lipinski definition) is 2. The maximum atomic E-state index is 10.5. The van der Waals surface area contributed by atoms with E-state index in [1.54, 1.807) is 36.6 Å². The number of aromatic hydroxyl groups is 1. The van der Waals surface area contributed by atoms with Crippen molar-refractivity contribution in [3.8, 4) is 11.5 Å². The third-order valence-electron chi connectivity index (χ3n) is 4.14. The van der Waals surface area contributed by atoms with Crippen LogP contribution in [-0.2, 0) is 13.1 Å². The molecule has 0 radical (unpaired) electrons. The summed E-state index contributed by atoms with van der Waals surface area (Å²) in [6.07, 6.45) is 0.836. The van der Waals surface area contributed by atoms with Crippen LogP contribution in [0.15, 0.2) is 65.3 Å². The highest BCUT2D eigenvalue weighted by atomic mass is 35.5. The average molecular weight is 422 g/mol. The first-order valence-electron chi connectivity index (χ1n) is 8.79. The number of halogens is 2. The molecule has 0 bridgehead atoms. The molecule has 1 aromatic heterocycles. The zero-order chi connectivity index (χ0) is 19.9. The Balaban J connectivity index is 1.63. The number of aliphatic hydroxyl groups excluding tert-OH is 1. The number of phenolic OH excluding ortho intramolecular Hbond substituents is 1. The van der Waals surface area contributed by atoms with Crippen molar-refractivity contribution < 1.29 is 19.4 Å². The van der Waals surface area contributed by atoms with E-state index in [-0.39, 0.29) is 12.4 Å². The number of para-hydroxylation sites is 1. The Morgan fingerprint density at radius 2 is 1.86 bits per heavy atom. The van der Waals surface area contributed by atoms with Gasteiger partial charge in [0.25, 0.3) is 0 Å². The predicted molar refractivity (Wildman–Crippen MR) is 109 cm³/mol. The predicted octanol–water partition coefficient (Wildman–Crippen LogP) is 4.73. The Morgan fingerprint density at radius 3 is 2.57 bits per heavy atom. The second-order valence-electron chi connectivity index (χ2n) is 6.42. The summed E-state index contributed by atoms with van der Waals surface area (Å²) >= 11 is 12.0. The molecule has 1 atom stereocenters. The van der Waals surface area contributed by atoms with Crippen molar-refractivity contribution in [3.63, 3.8) is 0 Å². The third-order valence-corrected chi connectivity index (χ3v) is 4.67. The van der Waals surface area contributed by atoms with Gasteiger partial charge in [-0.25, -0.2) is 0 Å². The van der Waals surface area contributed by atoms with Gasteiger partial charge in [-0.05, 0) is 36.4 Å². The zero-order valence-electron chi connectivity index (χ0n) is 15.1. The maximum absolute atomic E-state index is 10.5. The minimum Gasteiger partial charge on any atom is -0.508 e. The van der Waals surface area contributed by atoms with E-state index in [2.05, 4.69) is 0 Å². The van der Waals surface area contributed by atoms with Crippen molar-refractivity contribution in [3.05, 3.63) is 82.2 Å². The highest BCUT2D eigenvalue weighted by molar-refractivity contribution is 6.35. The molecule has 0 fully saturated rings. The number of ether oxygens (including phenoxy) is 1. The van der Waals surface area contributed by atoms with Crippen molar-refractivity contribution in [2.75, 3.05) is 13.2 Å². The summed E-state index contributed by atoms with van der Waals surface area (Å²) in [5, 5.41) is 21.4. The fraction of sp³-hybridized carbons (Fsp3) is 0.238. The number of rotatable bonds is 9. The number of nitrogens with zero attached hydrogens (tertiary/aromatic N) is 1. The van der Waals surface area contributed by atoms with Crippen molar-refractivity contribution >= 4 is 23.2 Å². The van der Waals surface area contributed by atoms with E-state index in [9.17, 15) is 10.2 Å². The molecule has 0 aliphatic rings. The minimum atomic E-state index is -0.771. The van der Waals surface area contributed by atoms with Gasteiger partial charge in [-0.15, -0.1) is 0 Å². The van der Waals surface area contributed by atoms with Crippen molar-refractivity contribution in [1.82, 2.24) is 4.90 Å². The number of hydrogen-bond acceptors (Lipinski definition) is 5. The highest BCUT2D eigenvalue weighted by Crippen LogP contribution is 2.27. The molecular weight excluding hydrogens is 401 g/mol. The van der Waals surface area contributed by atoms with Gasteiger partial charge in [-0.1, -0.05) is 41.4 Å². The summed E-state index contributed by atoms with van der Waals surface area (Å²) in [6.45, 7) is 1.32. The van der Waals surface area contributed by atoms with E-state index in [0.29, 0.717) is 35.4 Å². The topological polar surface area (TPSA) is 66.1 Å². The lowest BCUT2D eigenvalue weighted by molar-refractivity contribution is 0.0602. The van der Waals surface area contributed by atoms with Crippen LogP contribution in [0.1, 0.15) is 11.3 Å². The minimum absolute atomic E-state index is 0.0662. The normalized spacial score (nSPS) is 12.3. The lowest BCUT2D eigenvalue weighted by Crippen LogP contribution is -2.35. The molecule has 0 aliphatic heterocycles. The van der Waals surface area contributed by atoms with E-state index < -0.39 is 6.10 Å². The van der Waals surface area contributed by atoms with Gasteiger partial charge in [-0.3, -0.25) is 4.90 Å². The number of benzene rings is 2. The molecule has 0 saturated heterocycles. The molecule has 1 unspecified atom stereocenters. The smallest absolute Gasteiger partial charge is 0.138 e. The van der Waals surface area contributed by atoms with Crippen LogP contribution < -0.4 is 4.74 Å². The van der Waals surface area contributed by atoms with Gasteiger partial charge in [0, 0.05) is 23.7 Å². The molecule has 3 aromatic rings. The lowest BCUT2D eigenvalue weighted by Gasteiger charge is -2.25. The summed E-state index contributed by atoms with van der Waals surface area (Å²) in [4.78, 5) is 1.98. The molecule has 0 saturated carbocycles. The molecule has 148 valence electrons. The highest BCUT2D eigenvalue weighted by Gasteiger charge is 2.17. The Hall–Kier alpha value is -2.18. The fourth-order valence-electron chi connectivity index (χ4n) is 2.82. The molecule has 28 heavy (non-hydrogen) atoms. The van der Waals surface area contributed by atoms with Crippen LogP contribution in [0.4, 0.5) is 0 Å². The largest absolute Gasteiger partial charge is 0.508 e. The summed E-state index contributed by atoms with van der Waals surface area (Å²) < 4.78 is 11.0. The summed E-state index contributed by atoms with van der Waals surface area (Å²) in [5.41, 5.74) is 0.767. The van der Waals surface area contributed by atoms with Crippen LogP contribution in [-0.4, -0.2) is 34.4 Å². The summed E-state index contributed by atoms with van der Waals surface area (Å²) in [6, 6.07) is 15.7. The molecule has 0 aliphatic carbocycles. The second-order valence-corrected chi connectivity index (χ2v) is 7.26. The molecule has 2 N–H and O–H groups in total. The third kappa shape index (κ3) is 5.91.